The molecule has 1 heterocycles. The Labute approximate surface area is 98.0 Å². The molecule has 88 valence electrons. The highest BCUT2D eigenvalue weighted by Gasteiger charge is 2.17. The van der Waals surface area contributed by atoms with Crippen molar-refractivity contribution in [1.82, 2.24) is 4.90 Å². The number of carbonyl (C=O) groups is 1. The molecule has 1 aliphatic heterocycles. The van der Waals surface area contributed by atoms with Crippen molar-refractivity contribution in [2.75, 3.05) is 13.1 Å². The molecule has 0 saturated heterocycles. The summed E-state index contributed by atoms with van der Waals surface area (Å²) in [6, 6.07) is 0. The van der Waals surface area contributed by atoms with Gasteiger partial charge in [-0.3, -0.25) is 4.79 Å². The molecule has 2 aliphatic rings. The molecule has 0 N–H and O–H groups in total. The predicted octanol–water partition coefficient (Wildman–Crippen LogP) is 3.06. The lowest BCUT2D eigenvalue weighted by Gasteiger charge is -2.28. The quantitative estimate of drug-likeness (QED) is 0.727. The third kappa shape index (κ3) is 2.75. The van der Waals surface area contributed by atoms with Crippen LogP contribution < -0.4 is 0 Å². The Balaban J connectivity index is 2.10. The summed E-state index contributed by atoms with van der Waals surface area (Å²) in [6.07, 6.45) is 10.6. The van der Waals surface area contributed by atoms with Gasteiger partial charge in [-0.25, -0.2) is 0 Å². The Morgan fingerprint density at radius 2 is 2.00 bits per heavy atom. The largest absolute Gasteiger partial charge is 0.377 e. The van der Waals surface area contributed by atoms with Crippen LogP contribution in [0.4, 0.5) is 0 Å². The van der Waals surface area contributed by atoms with Gasteiger partial charge in [-0.15, -0.1) is 0 Å². The SMILES string of the molecule is CCCN1C=C(C2=CC(=O)CCC2)CCC1. The summed E-state index contributed by atoms with van der Waals surface area (Å²) in [5.74, 6) is 0.315. The van der Waals surface area contributed by atoms with E-state index in [4.69, 9.17) is 0 Å². The fourth-order valence-electron chi connectivity index (χ4n) is 2.57. The standard InChI is InChI=1S/C14H21NO/c1-2-8-15-9-4-6-13(11-15)12-5-3-7-14(16)10-12/h10-11H,2-9H2,1H3. The first-order valence-electron chi connectivity index (χ1n) is 6.48. The molecule has 2 nitrogen and oxygen atoms in total. The Bertz CT molecular complexity index is 328. The van der Waals surface area contributed by atoms with E-state index in [1.165, 1.54) is 30.5 Å². The fraction of sp³-hybridized carbons (Fsp3) is 0.643. The predicted molar refractivity (Wildman–Crippen MR) is 66.1 cm³/mol. The third-order valence-corrected chi connectivity index (χ3v) is 3.36. The second kappa shape index (κ2) is 5.33. The first-order chi connectivity index (χ1) is 7.79. The van der Waals surface area contributed by atoms with Gasteiger partial charge >= 0.3 is 0 Å². The van der Waals surface area contributed by atoms with E-state index in [1.807, 2.05) is 6.08 Å². The third-order valence-electron chi connectivity index (χ3n) is 3.36. The summed E-state index contributed by atoms with van der Waals surface area (Å²) in [4.78, 5) is 13.8. The average Bonchev–Trinajstić information content (AvgIpc) is 2.30. The van der Waals surface area contributed by atoms with Crippen molar-refractivity contribution >= 4 is 5.78 Å². The van der Waals surface area contributed by atoms with Crippen LogP contribution in [0.25, 0.3) is 0 Å². The Kier molecular flexibility index (Phi) is 3.81. The van der Waals surface area contributed by atoms with E-state index in [9.17, 15) is 4.79 Å². The monoisotopic (exact) mass is 219 g/mol. The van der Waals surface area contributed by atoms with Gasteiger partial charge in [-0.05, 0) is 49.3 Å². The van der Waals surface area contributed by atoms with E-state index in [0.29, 0.717) is 5.78 Å². The number of carbonyl (C=O) groups excluding carboxylic acids is 1. The van der Waals surface area contributed by atoms with Crippen LogP contribution in [0.1, 0.15) is 45.4 Å². The highest BCUT2D eigenvalue weighted by molar-refractivity contribution is 5.91. The highest BCUT2D eigenvalue weighted by atomic mass is 16.1. The van der Waals surface area contributed by atoms with Crippen LogP contribution >= 0.6 is 0 Å². The first kappa shape index (κ1) is 11.4. The number of nitrogens with zero attached hydrogens (tertiary/aromatic N) is 1. The van der Waals surface area contributed by atoms with Crippen molar-refractivity contribution in [3.05, 3.63) is 23.4 Å². The lowest BCUT2D eigenvalue weighted by atomic mass is 9.90. The minimum atomic E-state index is 0.315. The van der Waals surface area contributed by atoms with E-state index in [0.717, 1.165) is 32.2 Å². The van der Waals surface area contributed by atoms with E-state index in [-0.39, 0.29) is 0 Å². The molecule has 0 radical (unpaired) electrons. The van der Waals surface area contributed by atoms with Gasteiger partial charge in [-0.1, -0.05) is 6.92 Å². The van der Waals surface area contributed by atoms with Gasteiger partial charge in [0.15, 0.2) is 5.78 Å². The highest BCUT2D eigenvalue weighted by Crippen LogP contribution is 2.28. The van der Waals surface area contributed by atoms with Gasteiger partial charge in [0, 0.05) is 25.7 Å². The molecule has 0 aromatic rings. The van der Waals surface area contributed by atoms with Crippen LogP contribution in [-0.2, 0) is 4.79 Å². The molecular formula is C14H21NO. The molecule has 0 aromatic heterocycles. The zero-order chi connectivity index (χ0) is 11.4. The molecular weight excluding hydrogens is 198 g/mol. The smallest absolute Gasteiger partial charge is 0.155 e. The van der Waals surface area contributed by atoms with Crippen LogP contribution in [0.5, 0.6) is 0 Å². The summed E-state index contributed by atoms with van der Waals surface area (Å²) in [7, 11) is 0. The lowest BCUT2D eigenvalue weighted by Crippen LogP contribution is -2.24. The van der Waals surface area contributed by atoms with Crippen molar-refractivity contribution in [3.8, 4) is 0 Å². The van der Waals surface area contributed by atoms with Gasteiger partial charge < -0.3 is 4.90 Å². The Morgan fingerprint density at radius 1 is 1.19 bits per heavy atom. The van der Waals surface area contributed by atoms with Crippen molar-refractivity contribution in [3.63, 3.8) is 0 Å². The molecule has 0 spiro atoms. The summed E-state index contributed by atoms with van der Waals surface area (Å²) < 4.78 is 0. The van der Waals surface area contributed by atoms with Crippen LogP contribution in [0.15, 0.2) is 23.4 Å². The Hall–Kier alpha value is -1.05. The topological polar surface area (TPSA) is 20.3 Å². The molecule has 0 saturated carbocycles. The number of hydrogen-bond acceptors (Lipinski definition) is 2. The van der Waals surface area contributed by atoms with E-state index >= 15 is 0 Å². The molecule has 16 heavy (non-hydrogen) atoms. The minimum absolute atomic E-state index is 0.315. The molecule has 0 amide bonds. The zero-order valence-corrected chi connectivity index (χ0v) is 10.2. The molecule has 0 fully saturated rings. The maximum Gasteiger partial charge on any atom is 0.155 e. The maximum atomic E-state index is 11.4. The normalized spacial score (nSPS) is 21.8. The van der Waals surface area contributed by atoms with Gasteiger partial charge in [0.1, 0.15) is 0 Å². The summed E-state index contributed by atoms with van der Waals surface area (Å²) in [6.45, 7) is 4.54. The first-order valence-corrected chi connectivity index (χ1v) is 6.48. The van der Waals surface area contributed by atoms with Crippen LogP contribution in [0, 0.1) is 0 Å². The molecule has 1 aliphatic carbocycles. The summed E-state index contributed by atoms with van der Waals surface area (Å²) in [5.41, 5.74) is 2.71. The van der Waals surface area contributed by atoms with Crippen molar-refractivity contribution < 1.29 is 4.79 Å². The molecule has 0 aromatic carbocycles. The molecule has 0 unspecified atom stereocenters. The average molecular weight is 219 g/mol. The van der Waals surface area contributed by atoms with Gasteiger partial charge in [-0.2, -0.15) is 0 Å². The summed E-state index contributed by atoms with van der Waals surface area (Å²) >= 11 is 0. The van der Waals surface area contributed by atoms with Crippen molar-refractivity contribution in [2.45, 2.75) is 45.4 Å². The van der Waals surface area contributed by atoms with Crippen molar-refractivity contribution in [1.29, 1.82) is 0 Å². The van der Waals surface area contributed by atoms with Gasteiger partial charge in [0.25, 0.3) is 0 Å². The zero-order valence-electron chi connectivity index (χ0n) is 10.2. The van der Waals surface area contributed by atoms with Gasteiger partial charge in [0.05, 0.1) is 0 Å². The number of ketones is 1. The lowest BCUT2D eigenvalue weighted by molar-refractivity contribution is -0.115. The van der Waals surface area contributed by atoms with Gasteiger partial charge in [0.2, 0.25) is 0 Å². The van der Waals surface area contributed by atoms with E-state index < -0.39 is 0 Å². The maximum absolute atomic E-state index is 11.4. The molecule has 2 rings (SSSR count). The van der Waals surface area contributed by atoms with Crippen molar-refractivity contribution in [2.24, 2.45) is 0 Å². The Morgan fingerprint density at radius 3 is 2.75 bits per heavy atom. The molecule has 2 heteroatoms. The van der Waals surface area contributed by atoms with Crippen LogP contribution in [0.3, 0.4) is 0 Å². The second-order valence-corrected chi connectivity index (χ2v) is 4.78. The molecule has 0 atom stereocenters. The minimum Gasteiger partial charge on any atom is -0.377 e. The van der Waals surface area contributed by atoms with E-state index in [1.54, 1.807) is 0 Å². The number of hydrogen-bond donors (Lipinski definition) is 0. The van der Waals surface area contributed by atoms with Crippen LogP contribution in [0.2, 0.25) is 0 Å². The van der Waals surface area contributed by atoms with E-state index in [2.05, 4.69) is 18.0 Å². The number of allylic oxidation sites excluding steroid dienone is 3. The summed E-state index contributed by atoms with van der Waals surface area (Å²) in [5, 5.41) is 0. The van der Waals surface area contributed by atoms with Crippen LogP contribution in [-0.4, -0.2) is 23.8 Å². The second-order valence-electron chi connectivity index (χ2n) is 4.78. The number of rotatable bonds is 3. The molecule has 0 bridgehead atoms. The fourth-order valence-corrected chi connectivity index (χ4v) is 2.57.